The van der Waals surface area contributed by atoms with E-state index in [0.29, 0.717) is 0 Å². The van der Waals surface area contributed by atoms with Gasteiger partial charge in [-0.05, 0) is 152 Å². The van der Waals surface area contributed by atoms with Gasteiger partial charge in [-0.2, -0.15) is 0 Å². The fourth-order valence-corrected chi connectivity index (χ4v) is 8.76. The summed E-state index contributed by atoms with van der Waals surface area (Å²) >= 11 is 1.84. The van der Waals surface area contributed by atoms with Crippen molar-refractivity contribution >= 4 is 46.1 Å². The Morgan fingerprint density at radius 2 is 0.894 bits per heavy atom. The third-order valence-corrected chi connectivity index (χ3v) is 10.5. The van der Waals surface area contributed by atoms with Crippen LogP contribution in [-0.2, 0) is 0 Å². The van der Waals surface area contributed by atoms with Crippen LogP contribution in [0.1, 0.15) is 55.6 Å². The molecule has 8 rings (SSSR count). The van der Waals surface area contributed by atoms with Crippen molar-refractivity contribution in [2.75, 3.05) is 0 Å². The van der Waals surface area contributed by atoms with Crippen LogP contribution in [0.4, 0.5) is 0 Å². The van der Waals surface area contributed by atoms with Gasteiger partial charge < -0.3 is 0 Å². The standard InChI is InChI=1S/C44H36N2S/c1-25-18-27(3)41(28(4)19-25)43-37-14-12-33(45-37)23-31-22-32(36-11-9-7-8-10-35(31)36)24-34-13-15-38(46-34)44(40-17-16-39(43)47-40)42-29(5)20-26(2)21-30(42)6/h7-24H,1-6H3. The molecular formula is C44H36N2S. The topological polar surface area (TPSA) is 24.7 Å². The number of nitrogens with zero attached hydrogens (tertiary/aromatic N) is 2. The lowest BCUT2D eigenvalue weighted by molar-refractivity contribution is 1.29. The Kier molecular flexibility index (Phi) is 7.04. The van der Waals surface area contributed by atoms with Crippen LogP contribution in [0.5, 0.6) is 0 Å². The van der Waals surface area contributed by atoms with Crippen molar-refractivity contribution < 1.29 is 0 Å². The van der Waals surface area contributed by atoms with Crippen molar-refractivity contribution in [3.05, 3.63) is 173 Å². The van der Waals surface area contributed by atoms with E-state index in [2.05, 4.69) is 151 Å². The summed E-state index contributed by atoms with van der Waals surface area (Å²) in [4.78, 5) is 10.6. The minimum atomic E-state index is 0.959. The molecule has 0 N–H and O–H groups in total. The van der Waals surface area contributed by atoms with Gasteiger partial charge in [0.05, 0.1) is 22.8 Å². The highest BCUT2D eigenvalue weighted by Gasteiger charge is 2.22. The maximum absolute atomic E-state index is 5.30. The minimum Gasteiger partial charge on any atom is -0.248 e. The number of hydrogen-bond acceptors (Lipinski definition) is 3. The summed E-state index contributed by atoms with van der Waals surface area (Å²) in [5.41, 5.74) is 21.1. The molecular weight excluding hydrogens is 589 g/mol. The van der Waals surface area contributed by atoms with Gasteiger partial charge in [0.2, 0.25) is 0 Å². The molecule has 0 saturated heterocycles. The zero-order valence-corrected chi connectivity index (χ0v) is 28.5. The molecule has 2 aliphatic carbocycles. The van der Waals surface area contributed by atoms with Gasteiger partial charge in [0.25, 0.3) is 0 Å². The van der Waals surface area contributed by atoms with E-state index in [0.717, 1.165) is 33.9 Å². The summed E-state index contributed by atoms with van der Waals surface area (Å²) in [5, 5.41) is 0. The summed E-state index contributed by atoms with van der Waals surface area (Å²) in [6, 6.07) is 26.8. The number of aryl methyl sites for hydroxylation is 6. The molecule has 0 unspecified atom stereocenters. The van der Waals surface area contributed by atoms with Crippen molar-refractivity contribution in [3.63, 3.8) is 0 Å². The quantitative estimate of drug-likeness (QED) is 0.187. The summed E-state index contributed by atoms with van der Waals surface area (Å²) in [5.74, 6) is 0. The number of allylic oxidation sites excluding steroid dienone is 4. The molecule has 3 aromatic rings. The predicted molar refractivity (Wildman–Crippen MR) is 202 cm³/mol. The van der Waals surface area contributed by atoms with E-state index in [4.69, 9.17) is 9.98 Å². The van der Waals surface area contributed by atoms with Crippen molar-refractivity contribution in [2.45, 2.75) is 41.5 Å². The number of hydrogen-bond donors (Lipinski definition) is 0. The molecule has 2 nitrogen and oxygen atoms in total. The molecule has 0 amide bonds. The SMILES string of the molecule is Cc1cc(C)c(C2=c3ccc(s3)=C(c3c(C)cc(C)cc3C)C3=NC(=Cc4cc(c5cccccc4-5)C=C4C=CC2=N4)C=C3)c(C)c1. The minimum absolute atomic E-state index is 0.959. The second-order valence-electron chi connectivity index (χ2n) is 13.1. The maximum Gasteiger partial charge on any atom is 0.0730 e. The molecule has 0 spiro atoms. The average molecular weight is 625 g/mol. The van der Waals surface area contributed by atoms with E-state index in [9.17, 15) is 0 Å². The first-order valence-electron chi connectivity index (χ1n) is 16.2. The Balaban J connectivity index is 1.52. The fraction of sp³-hybridized carbons (Fsp3) is 0.136. The second-order valence-corrected chi connectivity index (χ2v) is 14.1. The second kappa shape index (κ2) is 11.3. The molecule has 2 aromatic carbocycles. The number of fused-ring (bicyclic) bond motifs is 9. The highest BCUT2D eigenvalue weighted by molar-refractivity contribution is 7.08. The Hall–Kier alpha value is -5.12. The number of aliphatic imine (C=N–C) groups is 2. The lowest BCUT2D eigenvalue weighted by Crippen LogP contribution is -2.14. The maximum atomic E-state index is 5.30. The van der Waals surface area contributed by atoms with E-state index in [1.807, 2.05) is 11.3 Å². The van der Waals surface area contributed by atoms with Gasteiger partial charge in [-0.15, -0.1) is 11.3 Å². The first kappa shape index (κ1) is 29.3. The Morgan fingerprint density at radius 1 is 0.468 bits per heavy atom. The van der Waals surface area contributed by atoms with Crippen molar-refractivity contribution in [2.24, 2.45) is 9.98 Å². The molecule has 3 heteroatoms. The molecule has 3 aliphatic heterocycles. The van der Waals surface area contributed by atoms with Crippen LogP contribution in [0.15, 0.2) is 118 Å². The monoisotopic (exact) mass is 624 g/mol. The van der Waals surface area contributed by atoms with Crippen LogP contribution in [0, 0.1) is 41.5 Å². The molecule has 0 atom stereocenters. The molecule has 8 bridgehead atoms. The third kappa shape index (κ3) is 5.12. The van der Waals surface area contributed by atoms with Gasteiger partial charge in [0.15, 0.2) is 0 Å². The Bertz CT molecular complexity index is 2240. The van der Waals surface area contributed by atoms with Gasteiger partial charge in [-0.25, -0.2) is 9.98 Å². The Morgan fingerprint density at radius 3 is 1.32 bits per heavy atom. The van der Waals surface area contributed by atoms with Crippen LogP contribution in [0.3, 0.4) is 0 Å². The first-order valence-corrected chi connectivity index (χ1v) is 17.1. The van der Waals surface area contributed by atoms with E-state index < -0.39 is 0 Å². The molecule has 0 radical (unpaired) electrons. The summed E-state index contributed by atoms with van der Waals surface area (Å²) < 4.78 is 2.41. The first-order chi connectivity index (χ1) is 22.7. The molecule has 4 heterocycles. The van der Waals surface area contributed by atoms with E-state index in [-0.39, 0.29) is 0 Å². The van der Waals surface area contributed by atoms with Gasteiger partial charge in [0, 0.05) is 20.2 Å². The molecule has 228 valence electrons. The number of benzene rings is 2. The fourth-order valence-electron chi connectivity index (χ4n) is 7.64. The molecule has 5 aliphatic rings. The van der Waals surface area contributed by atoms with Gasteiger partial charge >= 0.3 is 0 Å². The van der Waals surface area contributed by atoms with E-state index in [1.165, 1.54) is 75.8 Å². The normalized spacial score (nSPS) is 15.3. The summed E-state index contributed by atoms with van der Waals surface area (Å²) in [7, 11) is 0. The lowest BCUT2D eigenvalue weighted by Gasteiger charge is -2.15. The Labute approximate surface area is 280 Å². The van der Waals surface area contributed by atoms with Gasteiger partial charge in [-0.1, -0.05) is 65.7 Å². The predicted octanol–water partition coefficient (Wildman–Crippen LogP) is 9.52. The number of rotatable bonds is 2. The summed E-state index contributed by atoms with van der Waals surface area (Å²) in [6.45, 7) is 13.3. The zero-order chi connectivity index (χ0) is 32.4. The highest BCUT2D eigenvalue weighted by atomic mass is 32.1. The van der Waals surface area contributed by atoms with E-state index in [1.54, 1.807) is 0 Å². The van der Waals surface area contributed by atoms with Crippen LogP contribution in [0.25, 0.3) is 34.4 Å². The smallest absolute Gasteiger partial charge is 0.0730 e. The van der Waals surface area contributed by atoms with Crippen LogP contribution >= 0.6 is 11.3 Å². The van der Waals surface area contributed by atoms with E-state index >= 15 is 0 Å². The molecule has 0 fully saturated rings. The molecule has 47 heavy (non-hydrogen) atoms. The highest BCUT2D eigenvalue weighted by Crippen LogP contribution is 2.37. The number of thiophene rings is 1. The van der Waals surface area contributed by atoms with Crippen LogP contribution in [-0.4, -0.2) is 11.4 Å². The van der Waals surface area contributed by atoms with Crippen molar-refractivity contribution in [1.82, 2.24) is 0 Å². The average Bonchev–Trinajstić information content (AvgIpc) is 3.80. The van der Waals surface area contributed by atoms with Gasteiger partial charge in [-0.3, -0.25) is 0 Å². The van der Waals surface area contributed by atoms with Crippen molar-refractivity contribution in [3.8, 4) is 11.1 Å². The largest absolute Gasteiger partial charge is 0.248 e. The molecule has 0 saturated carbocycles. The van der Waals surface area contributed by atoms with Gasteiger partial charge in [0.1, 0.15) is 0 Å². The lowest BCUT2D eigenvalue weighted by atomic mass is 9.91. The zero-order valence-electron chi connectivity index (χ0n) is 27.7. The third-order valence-electron chi connectivity index (χ3n) is 9.37. The van der Waals surface area contributed by atoms with Crippen molar-refractivity contribution in [1.29, 1.82) is 0 Å². The molecule has 1 aromatic heterocycles. The van der Waals surface area contributed by atoms with Crippen LogP contribution in [0.2, 0.25) is 0 Å². The van der Waals surface area contributed by atoms with Crippen LogP contribution < -0.4 is 9.06 Å². The summed E-state index contributed by atoms with van der Waals surface area (Å²) in [6.07, 6.45) is 13.2.